The fraction of sp³-hybridized carbons (Fsp3) is 0.816. The van der Waals surface area contributed by atoms with E-state index in [0.29, 0.717) is 24.9 Å². The molecule has 0 saturated heterocycles. The van der Waals surface area contributed by atoms with Crippen LogP contribution in [-0.4, -0.2) is 54.7 Å². The Morgan fingerprint density at radius 1 is 0.548 bits per heavy atom. The zero-order chi connectivity index (χ0) is 31.1. The van der Waals surface area contributed by atoms with Crippen molar-refractivity contribution in [2.75, 3.05) is 33.7 Å². The fourth-order valence-electron chi connectivity index (χ4n) is 5.77. The van der Waals surface area contributed by atoms with Crippen LogP contribution in [0.25, 0.3) is 0 Å². The van der Waals surface area contributed by atoms with Gasteiger partial charge in [0.2, 0.25) is 0 Å². The van der Waals surface area contributed by atoms with E-state index in [0.717, 1.165) is 38.6 Å². The van der Waals surface area contributed by atoms with Crippen molar-refractivity contribution in [1.82, 2.24) is 9.80 Å². The van der Waals surface area contributed by atoms with Crippen LogP contribution >= 0.6 is 0 Å². The molecule has 0 saturated carbocycles. The minimum atomic E-state index is -0.752. The molecule has 4 nitrogen and oxygen atoms in total. The van der Waals surface area contributed by atoms with Gasteiger partial charge in [-0.2, -0.15) is 0 Å². The van der Waals surface area contributed by atoms with Crippen molar-refractivity contribution in [3.05, 3.63) is 36.5 Å². The molecule has 0 bridgehead atoms. The summed E-state index contributed by atoms with van der Waals surface area (Å²) in [6, 6.07) is 0. The molecule has 0 aromatic carbocycles. The number of rotatable bonds is 30. The van der Waals surface area contributed by atoms with Crippen molar-refractivity contribution in [1.29, 1.82) is 0 Å². The van der Waals surface area contributed by atoms with E-state index in [1.54, 1.807) is 4.90 Å². The molecule has 0 aliphatic heterocycles. The highest BCUT2D eigenvalue weighted by atomic mass is 16.4. The zero-order valence-electron chi connectivity index (χ0n) is 28.8. The van der Waals surface area contributed by atoms with Gasteiger partial charge in [0, 0.05) is 13.1 Å². The van der Waals surface area contributed by atoms with Crippen LogP contribution in [0.3, 0.4) is 0 Å². The number of hydrogen-bond acceptors (Lipinski definition) is 2. The van der Waals surface area contributed by atoms with Crippen LogP contribution in [0.4, 0.5) is 4.79 Å². The normalized spacial score (nSPS) is 13.7. The van der Waals surface area contributed by atoms with Gasteiger partial charge in [-0.25, -0.2) is 4.79 Å². The molecule has 0 heterocycles. The quantitative estimate of drug-likeness (QED) is 0.0670. The van der Waals surface area contributed by atoms with E-state index in [9.17, 15) is 9.90 Å². The van der Waals surface area contributed by atoms with E-state index in [2.05, 4.69) is 76.2 Å². The summed E-state index contributed by atoms with van der Waals surface area (Å²) in [5.41, 5.74) is 0. The van der Waals surface area contributed by atoms with Gasteiger partial charge in [0.15, 0.2) is 0 Å². The molecule has 1 atom stereocenters. The summed E-state index contributed by atoms with van der Waals surface area (Å²) in [5, 5.41) is 10.1. The highest BCUT2D eigenvalue weighted by Gasteiger charge is 2.25. The average Bonchev–Trinajstić information content (AvgIpc) is 2.96. The molecule has 1 amide bonds. The number of hydrogen-bond donors (Lipinski definition) is 1. The topological polar surface area (TPSA) is 43.8 Å². The number of carbonyl (C=O) groups is 1. The van der Waals surface area contributed by atoms with Gasteiger partial charge < -0.3 is 14.9 Å². The maximum absolute atomic E-state index is 12.3. The van der Waals surface area contributed by atoms with Gasteiger partial charge >= 0.3 is 6.09 Å². The maximum Gasteiger partial charge on any atom is 0.407 e. The first-order chi connectivity index (χ1) is 20.5. The Kier molecular flexibility index (Phi) is 29.8. The minimum Gasteiger partial charge on any atom is -0.465 e. The van der Waals surface area contributed by atoms with Crippen molar-refractivity contribution in [2.24, 2.45) is 11.8 Å². The Balaban J connectivity index is 5.40. The molecule has 0 fully saturated rings. The molecular weight excluding hydrogens is 516 g/mol. The lowest BCUT2D eigenvalue weighted by Crippen LogP contribution is -2.38. The van der Waals surface area contributed by atoms with Crippen LogP contribution in [0.15, 0.2) is 36.5 Å². The predicted octanol–water partition coefficient (Wildman–Crippen LogP) is 11.7. The predicted molar refractivity (Wildman–Crippen MR) is 187 cm³/mol. The number of allylic oxidation sites excluding steroid dienone is 6. The molecule has 4 heteroatoms. The summed E-state index contributed by atoms with van der Waals surface area (Å²) in [4.78, 5) is 16.2. The summed E-state index contributed by atoms with van der Waals surface area (Å²) < 4.78 is 0. The smallest absolute Gasteiger partial charge is 0.407 e. The highest BCUT2D eigenvalue weighted by molar-refractivity contribution is 5.64. The Bertz CT molecular complexity index is 644. The van der Waals surface area contributed by atoms with Crippen molar-refractivity contribution in [3.63, 3.8) is 0 Å². The second kappa shape index (κ2) is 30.9. The van der Waals surface area contributed by atoms with Gasteiger partial charge in [-0.05, 0) is 129 Å². The summed E-state index contributed by atoms with van der Waals surface area (Å²) >= 11 is 0. The van der Waals surface area contributed by atoms with E-state index < -0.39 is 6.09 Å². The van der Waals surface area contributed by atoms with Gasteiger partial charge in [0.1, 0.15) is 0 Å². The molecule has 1 N–H and O–H groups in total. The van der Waals surface area contributed by atoms with Crippen LogP contribution in [0, 0.1) is 11.8 Å². The van der Waals surface area contributed by atoms with E-state index >= 15 is 0 Å². The Labute approximate surface area is 263 Å². The first-order valence-corrected chi connectivity index (χ1v) is 18.0. The molecule has 0 spiro atoms. The Morgan fingerprint density at radius 2 is 0.976 bits per heavy atom. The van der Waals surface area contributed by atoms with Gasteiger partial charge in [-0.15, -0.1) is 0 Å². The molecule has 0 aromatic heterocycles. The number of nitrogens with zero attached hydrogens (tertiary/aromatic N) is 2. The molecule has 0 aliphatic carbocycles. The van der Waals surface area contributed by atoms with Crippen molar-refractivity contribution in [2.45, 2.75) is 156 Å². The summed E-state index contributed by atoms with van der Waals surface area (Å²) in [6.07, 6.45) is 38.9. The third-order valence-electron chi connectivity index (χ3n) is 8.44. The lowest BCUT2D eigenvalue weighted by atomic mass is 9.80. The second-order valence-corrected chi connectivity index (χ2v) is 12.7. The van der Waals surface area contributed by atoms with Crippen LogP contribution in [0.5, 0.6) is 0 Å². The van der Waals surface area contributed by atoms with Crippen molar-refractivity contribution >= 4 is 6.09 Å². The number of amides is 1. The van der Waals surface area contributed by atoms with Gasteiger partial charge in [-0.1, -0.05) is 95.8 Å². The van der Waals surface area contributed by atoms with E-state index in [4.69, 9.17) is 0 Å². The van der Waals surface area contributed by atoms with E-state index in [1.165, 1.54) is 103 Å². The molecular formula is C38H72N2O2. The van der Waals surface area contributed by atoms with Crippen molar-refractivity contribution < 1.29 is 9.90 Å². The van der Waals surface area contributed by atoms with Gasteiger partial charge in [0.05, 0.1) is 0 Å². The maximum atomic E-state index is 12.3. The molecule has 0 rings (SSSR count). The molecule has 42 heavy (non-hydrogen) atoms. The first kappa shape index (κ1) is 40.5. The van der Waals surface area contributed by atoms with Gasteiger partial charge in [0.25, 0.3) is 0 Å². The van der Waals surface area contributed by atoms with Crippen LogP contribution < -0.4 is 0 Å². The molecule has 0 aliphatic rings. The fourth-order valence-corrected chi connectivity index (χ4v) is 5.77. The van der Waals surface area contributed by atoms with Crippen molar-refractivity contribution in [3.8, 4) is 0 Å². The van der Waals surface area contributed by atoms with E-state index in [1.807, 2.05) is 0 Å². The third kappa shape index (κ3) is 26.1. The largest absolute Gasteiger partial charge is 0.465 e. The third-order valence-corrected chi connectivity index (χ3v) is 8.44. The van der Waals surface area contributed by atoms with Crippen LogP contribution in [-0.2, 0) is 0 Å². The average molecular weight is 589 g/mol. The lowest BCUT2D eigenvalue weighted by Gasteiger charge is -2.32. The summed E-state index contributed by atoms with van der Waals surface area (Å²) in [6.45, 7) is 9.01. The molecule has 1 unspecified atom stereocenters. The highest BCUT2D eigenvalue weighted by Crippen LogP contribution is 2.30. The molecule has 0 radical (unpaired) electrons. The summed E-state index contributed by atoms with van der Waals surface area (Å²) in [7, 11) is 4.13. The SMILES string of the molecule is CCCCCC=CCCCC(CCCC=CCCCCC)C(CCC=CCCCCC)CN(CCCN(C)C)C(=O)O. The second-order valence-electron chi connectivity index (χ2n) is 12.7. The molecule has 246 valence electrons. The molecule has 0 aromatic rings. The first-order valence-electron chi connectivity index (χ1n) is 18.0. The monoisotopic (exact) mass is 589 g/mol. The minimum absolute atomic E-state index is 0.419. The Morgan fingerprint density at radius 3 is 1.38 bits per heavy atom. The van der Waals surface area contributed by atoms with Gasteiger partial charge in [-0.3, -0.25) is 0 Å². The Hall–Kier alpha value is -1.55. The van der Waals surface area contributed by atoms with Crippen LogP contribution in [0.1, 0.15) is 156 Å². The summed E-state index contributed by atoms with van der Waals surface area (Å²) in [5.74, 6) is 0.999. The standard InChI is InChI=1S/C38H72N2O2/c1-6-9-12-15-18-21-23-26-30-36(31-27-24-22-19-16-13-10-7-2)37(32-28-25-20-17-14-11-8-3)35-40(38(41)42)34-29-33-39(4)5/h18-22,25,36-37H,6-17,23-24,26-35H2,1-5H3,(H,41,42). The van der Waals surface area contributed by atoms with E-state index in [-0.39, 0.29) is 0 Å². The van der Waals surface area contributed by atoms with Crippen LogP contribution in [0.2, 0.25) is 0 Å². The lowest BCUT2D eigenvalue weighted by molar-refractivity contribution is 0.120. The number of carboxylic acid groups (broad SMARTS) is 1. The zero-order valence-corrected chi connectivity index (χ0v) is 28.8. The number of unbranched alkanes of at least 4 members (excludes halogenated alkanes) is 11.